The molecular weight excluding hydrogens is 292 g/mol. The normalized spacial score (nSPS) is 12.5. The van der Waals surface area contributed by atoms with Crippen LogP contribution in [0.15, 0.2) is 60.7 Å². The predicted octanol–water partition coefficient (Wildman–Crippen LogP) is 4.86. The van der Waals surface area contributed by atoms with E-state index in [4.69, 9.17) is 0 Å². The molecule has 1 atom stereocenters. The van der Waals surface area contributed by atoms with Gasteiger partial charge in [0.15, 0.2) is 0 Å². The third-order valence-electron chi connectivity index (χ3n) is 4.48. The van der Waals surface area contributed by atoms with Crippen molar-refractivity contribution in [3.05, 3.63) is 71.8 Å². The number of rotatable bonds is 11. The van der Waals surface area contributed by atoms with Crippen molar-refractivity contribution in [3.8, 4) is 0 Å². The number of hydrogen-bond donors (Lipinski definition) is 1. The Labute approximate surface area is 147 Å². The van der Waals surface area contributed by atoms with Crippen molar-refractivity contribution in [1.29, 1.82) is 0 Å². The molecule has 0 aliphatic heterocycles. The first-order chi connectivity index (χ1) is 11.8. The van der Waals surface area contributed by atoms with Crippen LogP contribution >= 0.6 is 0 Å². The summed E-state index contributed by atoms with van der Waals surface area (Å²) in [6, 6.07) is 22.1. The van der Waals surface area contributed by atoms with Crippen molar-refractivity contribution in [3.63, 3.8) is 0 Å². The van der Waals surface area contributed by atoms with E-state index >= 15 is 0 Å². The van der Waals surface area contributed by atoms with E-state index in [1.165, 1.54) is 30.4 Å². The second-order valence-corrected chi connectivity index (χ2v) is 6.64. The lowest BCUT2D eigenvalue weighted by Gasteiger charge is -2.29. The van der Waals surface area contributed by atoms with Crippen molar-refractivity contribution in [2.75, 3.05) is 13.1 Å². The van der Waals surface area contributed by atoms with Gasteiger partial charge in [-0.05, 0) is 31.0 Å². The van der Waals surface area contributed by atoms with E-state index in [0.29, 0.717) is 6.04 Å². The molecule has 1 N–H and O–H groups in total. The van der Waals surface area contributed by atoms with E-state index in [1.807, 2.05) is 0 Å². The summed E-state index contributed by atoms with van der Waals surface area (Å²) in [6.07, 6.45) is 3.88. The van der Waals surface area contributed by atoms with E-state index in [9.17, 15) is 0 Å². The highest BCUT2D eigenvalue weighted by Crippen LogP contribution is 2.13. The largest absolute Gasteiger partial charge is 0.315 e. The van der Waals surface area contributed by atoms with Crippen molar-refractivity contribution in [2.45, 2.75) is 52.2 Å². The van der Waals surface area contributed by atoms with Crippen LogP contribution in [0.3, 0.4) is 0 Å². The molecule has 0 heterocycles. The van der Waals surface area contributed by atoms with Crippen LogP contribution in [-0.4, -0.2) is 24.0 Å². The zero-order valence-corrected chi connectivity index (χ0v) is 15.2. The summed E-state index contributed by atoms with van der Waals surface area (Å²) >= 11 is 0. The summed E-state index contributed by atoms with van der Waals surface area (Å²) in [5.74, 6) is 0. The minimum Gasteiger partial charge on any atom is -0.315 e. The van der Waals surface area contributed by atoms with Gasteiger partial charge in [0.05, 0.1) is 0 Å². The Morgan fingerprint density at radius 2 is 1.38 bits per heavy atom. The average Bonchev–Trinajstić information content (AvgIpc) is 2.62. The van der Waals surface area contributed by atoms with E-state index in [0.717, 1.165) is 26.2 Å². The lowest BCUT2D eigenvalue weighted by Crippen LogP contribution is -2.39. The number of hydrogen-bond acceptors (Lipinski definition) is 2. The second-order valence-electron chi connectivity index (χ2n) is 6.64. The maximum Gasteiger partial charge on any atom is 0.0240 e. The standard InChI is InChI=1S/C22H32N2/c1-3-4-11-16-23-17-20(2)24(18-21-12-7-5-8-13-21)19-22-14-9-6-10-15-22/h5-10,12-15,20,23H,3-4,11,16-19H2,1-2H3. The van der Waals surface area contributed by atoms with Crippen molar-refractivity contribution in [2.24, 2.45) is 0 Å². The first kappa shape index (κ1) is 18.7. The lowest BCUT2D eigenvalue weighted by molar-refractivity contribution is 0.186. The molecule has 2 heteroatoms. The summed E-state index contributed by atoms with van der Waals surface area (Å²) < 4.78 is 0. The van der Waals surface area contributed by atoms with Gasteiger partial charge in [-0.3, -0.25) is 4.90 Å². The van der Waals surface area contributed by atoms with Gasteiger partial charge in [-0.25, -0.2) is 0 Å². The molecule has 0 amide bonds. The average molecular weight is 325 g/mol. The zero-order valence-electron chi connectivity index (χ0n) is 15.2. The smallest absolute Gasteiger partial charge is 0.0240 e. The summed E-state index contributed by atoms with van der Waals surface area (Å²) in [5.41, 5.74) is 2.76. The lowest BCUT2D eigenvalue weighted by atomic mass is 10.1. The van der Waals surface area contributed by atoms with Crippen LogP contribution in [0, 0.1) is 0 Å². The fourth-order valence-corrected chi connectivity index (χ4v) is 2.94. The molecule has 1 unspecified atom stereocenters. The highest BCUT2D eigenvalue weighted by atomic mass is 15.2. The molecule has 0 aliphatic rings. The predicted molar refractivity (Wildman–Crippen MR) is 104 cm³/mol. The molecule has 2 rings (SSSR count). The molecule has 2 nitrogen and oxygen atoms in total. The summed E-state index contributed by atoms with van der Waals surface area (Å²) in [4.78, 5) is 2.57. The topological polar surface area (TPSA) is 15.3 Å². The molecule has 0 aliphatic carbocycles. The third kappa shape index (κ3) is 6.86. The van der Waals surface area contributed by atoms with E-state index < -0.39 is 0 Å². The number of nitrogens with one attached hydrogen (secondary N) is 1. The molecule has 130 valence electrons. The Hall–Kier alpha value is -1.64. The Morgan fingerprint density at radius 3 is 1.88 bits per heavy atom. The van der Waals surface area contributed by atoms with E-state index in [2.05, 4.69) is 84.7 Å². The number of benzene rings is 2. The molecule has 2 aromatic rings. The van der Waals surface area contributed by atoms with E-state index in [-0.39, 0.29) is 0 Å². The summed E-state index contributed by atoms with van der Waals surface area (Å²) in [5, 5.41) is 3.63. The molecule has 0 radical (unpaired) electrons. The minimum absolute atomic E-state index is 0.507. The van der Waals surface area contributed by atoms with Gasteiger partial charge in [-0.15, -0.1) is 0 Å². The van der Waals surface area contributed by atoms with E-state index in [1.54, 1.807) is 0 Å². The molecule has 2 aromatic carbocycles. The quantitative estimate of drug-likeness (QED) is 0.594. The van der Waals surface area contributed by atoms with Crippen molar-refractivity contribution < 1.29 is 0 Å². The van der Waals surface area contributed by atoms with Crippen LogP contribution in [-0.2, 0) is 13.1 Å². The molecule has 0 aromatic heterocycles. The van der Waals surface area contributed by atoms with Gasteiger partial charge < -0.3 is 5.32 Å². The van der Waals surface area contributed by atoms with Crippen LogP contribution in [0.1, 0.15) is 44.2 Å². The van der Waals surface area contributed by atoms with Crippen LogP contribution in [0.5, 0.6) is 0 Å². The van der Waals surface area contributed by atoms with Gasteiger partial charge in [0.25, 0.3) is 0 Å². The van der Waals surface area contributed by atoms with Crippen LogP contribution in [0.4, 0.5) is 0 Å². The number of nitrogens with zero attached hydrogens (tertiary/aromatic N) is 1. The SMILES string of the molecule is CCCCCNCC(C)N(Cc1ccccc1)Cc1ccccc1. The molecule has 0 fully saturated rings. The van der Waals surface area contributed by atoms with Gasteiger partial charge in [0.2, 0.25) is 0 Å². The monoisotopic (exact) mass is 324 g/mol. The zero-order chi connectivity index (χ0) is 17.0. The van der Waals surface area contributed by atoms with Gasteiger partial charge >= 0.3 is 0 Å². The van der Waals surface area contributed by atoms with Gasteiger partial charge in [0, 0.05) is 25.7 Å². The highest BCUT2D eigenvalue weighted by Gasteiger charge is 2.14. The Kier molecular flexibility index (Phi) is 8.58. The van der Waals surface area contributed by atoms with Crippen molar-refractivity contribution >= 4 is 0 Å². The van der Waals surface area contributed by atoms with Gasteiger partial charge in [0.1, 0.15) is 0 Å². The summed E-state index contributed by atoms with van der Waals surface area (Å²) in [7, 11) is 0. The Morgan fingerprint density at radius 1 is 0.833 bits per heavy atom. The van der Waals surface area contributed by atoms with Crippen molar-refractivity contribution in [1.82, 2.24) is 10.2 Å². The Balaban J connectivity index is 1.93. The molecule has 0 bridgehead atoms. The fraction of sp³-hybridized carbons (Fsp3) is 0.455. The molecular formula is C22H32N2. The van der Waals surface area contributed by atoms with Gasteiger partial charge in [-0.2, -0.15) is 0 Å². The Bertz CT molecular complexity index is 497. The maximum absolute atomic E-state index is 3.63. The minimum atomic E-state index is 0.507. The molecule has 0 saturated carbocycles. The highest BCUT2D eigenvalue weighted by molar-refractivity contribution is 5.17. The van der Waals surface area contributed by atoms with Gasteiger partial charge in [-0.1, -0.05) is 80.4 Å². The maximum atomic E-state index is 3.63. The van der Waals surface area contributed by atoms with Crippen LogP contribution in [0.25, 0.3) is 0 Å². The molecule has 0 saturated heterocycles. The fourth-order valence-electron chi connectivity index (χ4n) is 2.94. The second kappa shape index (κ2) is 11.0. The van der Waals surface area contributed by atoms with Crippen LogP contribution < -0.4 is 5.32 Å². The third-order valence-corrected chi connectivity index (χ3v) is 4.48. The summed E-state index contributed by atoms with van der Waals surface area (Å²) in [6.45, 7) is 8.75. The first-order valence-electron chi connectivity index (χ1n) is 9.32. The first-order valence-corrected chi connectivity index (χ1v) is 9.32. The molecule has 0 spiro atoms. The number of unbranched alkanes of at least 4 members (excludes halogenated alkanes) is 2. The molecule has 24 heavy (non-hydrogen) atoms. The van der Waals surface area contributed by atoms with Crippen LogP contribution in [0.2, 0.25) is 0 Å².